The number of rotatable bonds is 2. The van der Waals surface area contributed by atoms with Crippen molar-refractivity contribution < 1.29 is 0 Å². The first kappa shape index (κ1) is 19.9. The Bertz CT molecular complexity index is 2090. The standard InChI is InChI=1S/C34H21NS/c1-2-9-21(10-3-1)24-13-6-17-29-30-18-8-16-28(34(30)36-33(24)29)26-15-7-14-25-27-20-19-22-11-4-5-12-23(22)31(27)35-32(25)26/h1-20,35H. The summed E-state index contributed by atoms with van der Waals surface area (Å²) in [6.45, 7) is 0. The SMILES string of the molecule is c1ccc(-c2cccc3c2sc2c(-c4cccc5c4[nH]c4c6ccccc6ccc54)cccc23)cc1. The summed E-state index contributed by atoms with van der Waals surface area (Å²) in [6, 6.07) is 44.0. The summed E-state index contributed by atoms with van der Waals surface area (Å²) >= 11 is 1.91. The van der Waals surface area contributed by atoms with Gasteiger partial charge in [-0.05, 0) is 16.5 Å². The van der Waals surface area contributed by atoms with Crippen molar-refractivity contribution in [3.8, 4) is 22.3 Å². The summed E-state index contributed by atoms with van der Waals surface area (Å²) in [5.74, 6) is 0. The van der Waals surface area contributed by atoms with Gasteiger partial charge < -0.3 is 4.98 Å². The van der Waals surface area contributed by atoms with Crippen LogP contribution in [0.15, 0.2) is 121 Å². The molecule has 0 spiro atoms. The molecule has 2 heteroatoms. The predicted molar refractivity (Wildman–Crippen MR) is 157 cm³/mol. The highest BCUT2D eigenvalue weighted by Crippen LogP contribution is 2.45. The van der Waals surface area contributed by atoms with Gasteiger partial charge in [-0.15, -0.1) is 11.3 Å². The van der Waals surface area contributed by atoms with Crippen LogP contribution in [0.4, 0.5) is 0 Å². The quantitative estimate of drug-likeness (QED) is 0.256. The average Bonchev–Trinajstić information content (AvgIpc) is 3.52. The van der Waals surface area contributed by atoms with Crippen molar-refractivity contribution in [3.05, 3.63) is 121 Å². The number of hydrogen-bond donors (Lipinski definition) is 1. The predicted octanol–water partition coefficient (Wildman–Crippen LogP) is 10.2. The second-order valence-corrected chi connectivity index (χ2v) is 10.4. The maximum absolute atomic E-state index is 3.83. The van der Waals surface area contributed by atoms with E-state index >= 15 is 0 Å². The van der Waals surface area contributed by atoms with Gasteiger partial charge in [-0.2, -0.15) is 0 Å². The van der Waals surface area contributed by atoms with Crippen LogP contribution in [0.3, 0.4) is 0 Å². The Morgan fingerprint density at radius 3 is 1.83 bits per heavy atom. The van der Waals surface area contributed by atoms with Crippen LogP contribution in [-0.4, -0.2) is 4.98 Å². The second-order valence-electron chi connectivity index (χ2n) is 9.39. The monoisotopic (exact) mass is 475 g/mol. The smallest absolute Gasteiger partial charge is 0.0545 e. The first-order valence-corrected chi connectivity index (χ1v) is 13.1. The maximum atomic E-state index is 3.83. The summed E-state index contributed by atoms with van der Waals surface area (Å²) in [7, 11) is 0. The molecular formula is C34H21NS. The highest BCUT2D eigenvalue weighted by Gasteiger charge is 2.17. The molecule has 0 bridgehead atoms. The molecule has 0 fully saturated rings. The largest absolute Gasteiger partial charge is 0.353 e. The number of benzene rings is 6. The van der Waals surface area contributed by atoms with Crippen LogP contribution in [0.5, 0.6) is 0 Å². The van der Waals surface area contributed by atoms with Crippen molar-refractivity contribution in [1.29, 1.82) is 0 Å². The minimum Gasteiger partial charge on any atom is -0.353 e. The second kappa shape index (κ2) is 7.55. The first-order chi connectivity index (χ1) is 17.9. The zero-order valence-electron chi connectivity index (χ0n) is 19.5. The number of aromatic nitrogens is 1. The van der Waals surface area contributed by atoms with Gasteiger partial charge in [0, 0.05) is 47.5 Å². The zero-order valence-corrected chi connectivity index (χ0v) is 20.3. The van der Waals surface area contributed by atoms with Crippen LogP contribution in [0.1, 0.15) is 0 Å². The van der Waals surface area contributed by atoms with Crippen LogP contribution in [0.2, 0.25) is 0 Å². The zero-order chi connectivity index (χ0) is 23.6. The number of nitrogens with one attached hydrogen (secondary N) is 1. The molecule has 0 unspecified atom stereocenters. The van der Waals surface area contributed by atoms with Gasteiger partial charge in [0.1, 0.15) is 0 Å². The Balaban J connectivity index is 1.44. The molecule has 1 N–H and O–H groups in total. The summed E-state index contributed by atoms with van der Waals surface area (Å²) in [6.07, 6.45) is 0. The van der Waals surface area contributed by atoms with Crippen molar-refractivity contribution in [2.75, 3.05) is 0 Å². The van der Waals surface area contributed by atoms with Gasteiger partial charge in [0.15, 0.2) is 0 Å². The Kier molecular flexibility index (Phi) is 4.16. The molecular weight excluding hydrogens is 454 g/mol. The van der Waals surface area contributed by atoms with Crippen molar-refractivity contribution in [3.63, 3.8) is 0 Å². The highest BCUT2D eigenvalue weighted by atomic mass is 32.1. The molecule has 0 saturated carbocycles. The lowest BCUT2D eigenvalue weighted by Crippen LogP contribution is -1.81. The lowest BCUT2D eigenvalue weighted by Gasteiger charge is -2.05. The van der Waals surface area contributed by atoms with E-state index in [1.807, 2.05) is 11.3 Å². The summed E-state index contributed by atoms with van der Waals surface area (Å²) in [5.41, 5.74) is 7.53. The number of aromatic amines is 1. The molecule has 0 radical (unpaired) electrons. The third-order valence-corrected chi connectivity index (χ3v) is 8.72. The van der Waals surface area contributed by atoms with Gasteiger partial charge in [-0.25, -0.2) is 0 Å². The molecule has 0 amide bonds. The third-order valence-electron chi connectivity index (χ3n) is 7.43. The van der Waals surface area contributed by atoms with E-state index in [0.717, 1.165) is 0 Å². The summed E-state index contributed by atoms with van der Waals surface area (Å²) < 4.78 is 2.69. The molecule has 36 heavy (non-hydrogen) atoms. The van der Waals surface area contributed by atoms with Gasteiger partial charge >= 0.3 is 0 Å². The average molecular weight is 476 g/mol. The van der Waals surface area contributed by atoms with E-state index in [9.17, 15) is 0 Å². The van der Waals surface area contributed by atoms with E-state index in [-0.39, 0.29) is 0 Å². The van der Waals surface area contributed by atoms with Crippen LogP contribution < -0.4 is 0 Å². The van der Waals surface area contributed by atoms with E-state index in [2.05, 4.69) is 126 Å². The minimum absolute atomic E-state index is 1.21. The van der Waals surface area contributed by atoms with Crippen LogP contribution in [-0.2, 0) is 0 Å². The third kappa shape index (κ3) is 2.76. The molecule has 8 aromatic rings. The van der Waals surface area contributed by atoms with Gasteiger partial charge in [-0.3, -0.25) is 0 Å². The summed E-state index contributed by atoms with van der Waals surface area (Å²) in [5, 5.41) is 7.73. The molecule has 6 aromatic carbocycles. The number of para-hydroxylation sites is 1. The fraction of sp³-hybridized carbons (Fsp3) is 0. The lowest BCUT2D eigenvalue weighted by molar-refractivity contribution is 1.56. The van der Waals surface area contributed by atoms with Crippen molar-refractivity contribution in [1.82, 2.24) is 4.98 Å². The van der Waals surface area contributed by atoms with Crippen molar-refractivity contribution in [2.45, 2.75) is 0 Å². The van der Waals surface area contributed by atoms with Crippen molar-refractivity contribution >= 4 is 64.1 Å². The number of thiophene rings is 1. The number of hydrogen-bond acceptors (Lipinski definition) is 1. The molecule has 1 nitrogen and oxygen atoms in total. The number of fused-ring (bicyclic) bond motifs is 8. The van der Waals surface area contributed by atoms with E-state index in [0.29, 0.717) is 0 Å². The van der Waals surface area contributed by atoms with Gasteiger partial charge in [0.25, 0.3) is 0 Å². The van der Waals surface area contributed by atoms with Crippen LogP contribution in [0.25, 0.3) is 75.0 Å². The first-order valence-electron chi connectivity index (χ1n) is 12.3. The summed E-state index contributed by atoms with van der Waals surface area (Å²) in [4.78, 5) is 3.83. The Labute approximate surface area is 212 Å². The van der Waals surface area contributed by atoms with Crippen molar-refractivity contribution in [2.24, 2.45) is 0 Å². The molecule has 8 rings (SSSR count). The minimum atomic E-state index is 1.21. The topological polar surface area (TPSA) is 15.8 Å². The normalized spacial score (nSPS) is 11.9. The van der Waals surface area contributed by atoms with E-state index in [1.54, 1.807) is 0 Å². The highest BCUT2D eigenvalue weighted by molar-refractivity contribution is 7.26. The molecule has 0 atom stereocenters. The molecule has 168 valence electrons. The van der Waals surface area contributed by atoms with Crippen LogP contribution in [0, 0.1) is 0 Å². The molecule has 0 aliphatic rings. The maximum Gasteiger partial charge on any atom is 0.0545 e. The van der Waals surface area contributed by atoms with Gasteiger partial charge in [0.05, 0.1) is 11.0 Å². The van der Waals surface area contributed by atoms with Crippen LogP contribution >= 0.6 is 11.3 Å². The fourth-order valence-electron chi connectivity index (χ4n) is 5.77. The van der Waals surface area contributed by atoms with E-state index in [1.165, 1.54) is 75.0 Å². The molecule has 0 aliphatic heterocycles. The Hall–Kier alpha value is -4.40. The van der Waals surface area contributed by atoms with E-state index < -0.39 is 0 Å². The van der Waals surface area contributed by atoms with Gasteiger partial charge in [-0.1, -0.05) is 121 Å². The number of H-pyrrole nitrogens is 1. The van der Waals surface area contributed by atoms with E-state index in [4.69, 9.17) is 0 Å². The Morgan fingerprint density at radius 2 is 1.00 bits per heavy atom. The Morgan fingerprint density at radius 1 is 0.389 bits per heavy atom. The molecule has 2 heterocycles. The lowest BCUT2D eigenvalue weighted by atomic mass is 9.98. The van der Waals surface area contributed by atoms with Gasteiger partial charge in [0.2, 0.25) is 0 Å². The molecule has 0 saturated heterocycles. The molecule has 2 aromatic heterocycles. The molecule has 0 aliphatic carbocycles. The fourth-order valence-corrected chi connectivity index (χ4v) is 7.13.